The van der Waals surface area contributed by atoms with Gasteiger partial charge in [-0.3, -0.25) is 14.4 Å². The van der Waals surface area contributed by atoms with E-state index in [-0.39, 0.29) is 29.2 Å². The monoisotopic (exact) mass is 429 g/mol. The first kappa shape index (κ1) is 23.3. The predicted octanol–water partition coefficient (Wildman–Crippen LogP) is 1.83. The normalized spacial score (nSPS) is 28.6. The van der Waals surface area contributed by atoms with Crippen LogP contribution in [0.4, 0.5) is 0 Å². The molecule has 0 radical (unpaired) electrons. The molecule has 2 fully saturated rings. The van der Waals surface area contributed by atoms with E-state index in [0.717, 1.165) is 24.8 Å². The van der Waals surface area contributed by atoms with Gasteiger partial charge in [-0.05, 0) is 44.1 Å². The van der Waals surface area contributed by atoms with Crippen LogP contribution in [-0.2, 0) is 19.8 Å². The molecule has 7 nitrogen and oxygen atoms in total. The van der Waals surface area contributed by atoms with Crippen LogP contribution < -0.4 is 5.32 Å². The van der Waals surface area contributed by atoms with Crippen LogP contribution in [0.25, 0.3) is 0 Å². The number of hydrogen-bond acceptors (Lipinski definition) is 4. The van der Waals surface area contributed by atoms with E-state index < -0.39 is 12.1 Å². The number of aliphatic hydroxyl groups is 1. The Bertz CT molecular complexity index is 799. The quantitative estimate of drug-likeness (QED) is 0.699. The van der Waals surface area contributed by atoms with E-state index in [2.05, 4.69) is 17.4 Å². The van der Waals surface area contributed by atoms with E-state index in [4.69, 9.17) is 0 Å². The molecule has 7 heteroatoms. The summed E-state index contributed by atoms with van der Waals surface area (Å²) in [5, 5.41) is 14.0. The van der Waals surface area contributed by atoms with Crippen LogP contribution in [0.5, 0.6) is 0 Å². The molecule has 1 heterocycles. The second-order valence-electron chi connectivity index (χ2n) is 9.09. The van der Waals surface area contributed by atoms with Crippen molar-refractivity contribution in [2.75, 3.05) is 20.1 Å². The lowest BCUT2D eigenvalue weighted by Crippen LogP contribution is -2.52. The Kier molecular flexibility index (Phi) is 7.36. The van der Waals surface area contributed by atoms with Crippen LogP contribution in [0.3, 0.4) is 0 Å². The SMILES string of the molecule is CC(=O)NC[C@]1(c2ccccc2)CC[C@H](O)[C@@H](N(C)C(=O)C2CCCN2C(C)=O)CC1. The van der Waals surface area contributed by atoms with Gasteiger partial charge >= 0.3 is 0 Å². The van der Waals surface area contributed by atoms with E-state index in [9.17, 15) is 19.5 Å². The topological polar surface area (TPSA) is 89.9 Å². The molecule has 1 aliphatic heterocycles. The third-order valence-corrected chi connectivity index (χ3v) is 7.13. The average molecular weight is 430 g/mol. The summed E-state index contributed by atoms with van der Waals surface area (Å²) in [6, 6.07) is 9.37. The lowest BCUT2D eigenvalue weighted by Gasteiger charge is -2.35. The number of carbonyl (C=O) groups excluding carboxylic acids is 3. The molecule has 1 saturated heterocycles. The van der Waals surface area contributed by atoms with Gasteiger partial charge in [-0.25, -0.2) is 0 Å². The maximum atomic E-state index is 13.2. The van der Waals surface area contributed by atoms with Crippen LogP contribution in [0.1, 0.15) is 57.9 Å². The smallest absolute Gasteiger partial charge is 0.245 e. The molecular formula is C24H35N3O4. The molecule has 2 N–H and O–H groups in total. The number of likely N-dealkylation sites (tertiary alicyclic amines) is 1. The number of aliphatic hydroxyl groups excluding tert-OH is 1. The van der Waals surface area contributed by atoms with Crippen LogP contribution in [0.15, 0.2) is 30.3 Å². The minimum atomic E-state index is -0.649. The maximum absolute atomic E-state index is 13.2. The number of benzene rings is 1. The number of rotatable bonds is 5. The second-order valence-corrected chi connectivity index (χ2v) is 9.09. The number of hydrogen-bond donors (Lipinski definition) is 2. The van der Waals surface area contributed by atoms with E-state index in [1.54, 1.807) is 16.8 Å². The van der Waals surface area contributed by atoms with Crippen molar-refractivity contribution in [3.8, 4) is 0 Å². The van der Waals surface area contributed by atoms with Crippen molar-refractivity contribution < 1.29 is 19.5 Å². The Balaban J connectivity index is 1.79. The Morgan fingerprint density at radius 2 is 1.81 bits per heavy atom. The fourth-order valence-electron chi connectivity index (χ4n) is 5.26. The molecule has 31 heavy (non-hydrogen) atoms. The molecule has 3 rings (SSSR count). The number of amides is 3. The summed E-state index contributed by atoms with van der Waals surface area (Å²) in [4.78, 5) is 40.1. The van der Waals surface area contributed by atoms with Crippen molar-refractivity contribution in [2.24, 2.45) is 0 Å². The summed E-state index contributed by atoms with van der Waals surface area (Å²) < 4.78 is 0. The molecule has 1 aliphatic carbocycles. The fourth-order valence-corrected chi connectivity index (χ4v) is 5.26. The summed E-state index contributed by atoms with van der Waals surface area (Å²) in [5.74, 6) is -0.246. The Morgan fingerprint density at radius 3 is 2.45 bits per heavy atom. The molecular weight excluding hydrogens is 394 g/mol. The maximum Gasteiger partial charge on any atom is 0.245 e. The molecule has 170 valence electrons. The molecule has 4 atom stereocenters. The number of carbonyl (C=O) groups is 3. The standard InChI is InChI=1S/C24H35N3O4/c1-17(28)25-16-24(19-8-5-4-6-9-19)13-11-20(22(30)12-14-24)26(3)23(31)21-10-7-15-27(21)18(2)29/h4-6,8-9,20-22,30H,7,10-16H2,1-3H3,(H,25,28)/t20-,21?,22-,24+/m0/s1. The van der Waals surface area contributed by atoms with Crippen molar-refractivity contribution in [3.05, 3.63) is 35.9 Å². The molecule has 0 aromatic heterocycles. The van der Waals surface area contributed by atoms with Gasteiger partial charge in [0.1, 0.15) is 6.04 Å². The zero-order chi connectivity index (χ0) is 22.6. The van der Waals surface area contributed by atoms with Gasteiger partial charge in [0.05, 0.1) is 12.1 Å². The van der Waals surface area contributed by atoms with Crippen molar-refractivity contribution in [2.45, 2.75) is 76.0 Å². The molecule has 0 spiro atoms. The summed E-state index contributed by atoms with van der Waals surface area (Å²) >= 11 is 0. The largest absolute Gasteiger partial charge is 0.391 e. The van der Waals surface area contributed by atoms with Gasteiger partial charge in [-0.15, -0.1) is 0 Å². The van der Waals surface area contributed by atoms with Gasteiger partial charge in [0.15, 0.2) is 0 Å². The molecule has 2 aliphatic rings. The number of likely N-dealkylation sites (N-methyl/N-ethyl adjacent to an activating group) is 1. The number of nitrogens with zero attached hydrogens (tertiary/aromatic N) is 2. The highest BCUT2D eigenvalue weighted by molar-refractivity contribution is 5.87. The van der Waals surface area contributed by atoms with Crippen LogP contribution in [0.2, 0.25) is 0 Å². The predicted molar refractivity (Wildman–Crippen MR) is 118 cm³/mol. The number of nitrogens with one attached hydrogen (secondary N) is 1. The van der Waals surface area contributed by atoms with Crippen LogP contribution >= 0.6 is 0 Å². The zero-order valence-corrected chi connectivity index (χ0v) is 18.8. The van der Waals surface area contributed by atoms with E-state index in [1.807, 2.05) is 18.2 Å². The highest BCUT2D eigenvalue weighted by Crippen LogP contribution is 2.39. The summed E-state index contributed by atoms with van der Waals surface area (Å²) in [7, 11) is 1.75. The van der Waals surface area contributed by atoms with Crippen molar-refractivity contribution in [1.82, 2.24) is 15.1 Å². The summed E-state index contributed by atoms with van der Waals surface area (Å²) in [5.41, 5.74) is 0.856. The molecule has 1 aromatic carbocycles. The highest BCUT2D eigenvalue weighted by Gasteiger charge is 2.42. The van der Waals surface area contributed by atoms with E-state index in [0.29, 0.717) is 32.4 Å². The first-order valence-electron chi connectivity index (χ1n) is 11.3. The molecule has 3 amide bonds. The van der Waals surface area contributed by atoms with Crippen molar-refractivity contribution >= 4 is 17.7 Å². The molecule has 1 aromatic rings. The third-order valence-electron chi connectivity index (χ3n) is 7.13. The van der Waals surface area contributed by atoms with Crippen molar-refractivity contribution in [1.29, 1.82) is 0 Å². The third kappa shape index (κ3) is 5.09. The van der Waals surface area contributed by atoms with Gasteiger partial charge < -0.3 is 20.2 Å². The van der Waals surface area contributed by atoms with E-state index >= 15 is 0 Å². The lowest BCUT2D eigenvalue weighted by molar-refractivity contribution is -0.145. The first-order valence-corrected chi connectivity index (χ1v) is 11.3. The minimum Gasteiger partial charge on any atom is -0.391 e. The van der Waals surface area contributed by atoms with Crippen LogP contribution in [-0.4, -0.2) is 71.0 Å². The highest BCUT2D eigenvalue weighted by atomic mass is 16.3. The Morgan fingerprint density at radius 1 is 1.13 bits per heavy atom. The van der Waals surface area contributed by atoms with Gasteiger partial charge in [0.25, 0.3) is 0 Å². The van der Waals surface area contributed by atoms with Gasteiger partial charge in [0, 0.05) is 39.4 Å². The zero-order valence-electron chi connectivity index (χ0n) is 18.8. The minimum absolute atomic E-state index is 0.0745. The Labute approximate surface area is 184 Å². The summed E-state index contributed by atoms with van der Waals surface area (Å²) in [6.07, 6.45) is 3.48. The molecule has 0 bridgehead atoms. The van der Waals surface area contributed by atoms with Gasteiger partial charge in [0.2, 0.25) is 17.7 Å². The van der Waals surface area contributed by atoms with E-state index in [1.165, 1.54) is 13.8 Å². The summed E-state index contributed by atoms with van der Waals surface area (Å²) in [6.45, 7) is 4.13. The average Bonchev–Trinajstić information content (AvgIpc) is 3.19. The van der Waals surface area contributed by atoms with Crippen molar-refractivity contribution in [3.63, 3.8) is 0 Å². The first-order chi connectivity index (χ1) is 14.7. The fraction of sp³-hybridized carbons (Fsp3) is 0.625. The molecule has 1 saturated carbocycles. The van der Waals surface area contributed by atoms with Gasteiger partial charge in [-0.1, -0.05) is 30.3 Å². The van der Waals surface area contributed by atoms with Gasteiger partial charge in [-0.2, -0.15) is 0 Å². The second kappa shape index (κ2) is 9.81. The lowest BCUT2D eigenvalue weighted by atomic mass is 9.74. The Hall–Kier alpha value is -2.41. The van der Waals surface area contributed by atoms with Crippen LogP contribution in [0, 0.1) is 0 Å². The molecule has 1 unspecified atom stereocenters.